The minimum Gasteiger partial charge on any atom is -0.508 e. The van der Waals surface area contributed by atoms with Gasteiger partial charge in [0, 0.05) is 22.9 Å². The average molecular weight is 460 g/mol. The Morgan fingerprint density at radius 1 is 1.06 bits per heavy atom. The summed E-state index contributed by atoms with van der Waals surface area (Å²) in [6.07, 6.45) is 1.31. The van der Waals surface area contributed by atoms with E-state index in [1.54, 1.807) is 0 Å². The molecule has 0 atom stereocenters. The molecule has 0 radical (unpaired) electrons. The van der Waals surface area contributed by atoms with Gasteiger partial charge in [0.1, 0.15) is 11.5 Å². The van der Waals surface area contributed by atoms with Gasteiger partial charge < -0.3 is 10.2 Å². The molecule has 1 aromatic heterocycles. The van der Waals surface area contributed by atoms with Crippen molar-refractivity contribution < 1.29 is 15.0 Å². The van der Waals surface area contributed by atoms with E-state index in [1.165, 1.54) is 36.2 Å². The van der Waals surface area contributed by atoms with Crippen LogP contribution in [0.4, 0.5) is 0 Å². The number of nitrogens with one attached hydrogen (secondary N) is 1. The van der Waals surface area contributed by atoms with Gasteiger partial charge in [-0.05, 0) is 31.2 Å². The summed E-state index contributed by atoms with van der Waals surface area (Å²) in [6.45, 7) is 2.02. The van der Waals surface area contributed by atoms with Crippen molar-refractivity contribution >= 4 is 23.9 Å². The zero-order valence-corrected chi connectivity index (χ0v) is 18.5. The van der Waals surface area contributed by atoms with Crippen molar-refractivity contribution in [3.63, 3.8) is 0 Å². The predicted molar refractivity (Wildman–Crippen MR) is 128 cm³/mol. The molecular weight excluding hydrogens is 438 g/mol. The SMILES string of the molecule is Cc1ccc(-n2c(SCC(=O)NN=Cc3ccc(O)cc3O)nnc2-c2ccccc2)cc1. The summed E-state index contributed by atoms with van der Waals surface area (Å²) in [5, 5.41) is 32.2. The molecule has 0 aliphatic heterocycles. The lowest BCUT2D eigenvalue weighted by atomic mass is 10.2. The summed E-state index contributed by atoms with van der Waals surface area (Å²) < 4.78 is 1.92. The van der Waals surface area contributed by atoms with E-state index in [0.29, 0.717) is 16.5 Å². The zero-order valence-electron chi connectivity index (χ0n) is 17.7. The number of hydrogen-bond donors (Lipinski definition) is 3. The van der Waals surface area contributed by atoms with E-state index in [2.05, 4.69) is 20.7 Å². The van der Waals surface area contributed by atoms with Crippen molar-refractivity contribution in [1.29, 1.82) is 0 Å². The van der Waals surface area contributed by atoms with Crippen LogP contribution in [0, 0.1) is 6.92 Å². The van der Waals surface area contributed by atoms with Crippen molar-refractivity contribution in [3.05, 3.63) is 83.9 Å². The molecule has 0 spiro atoms. The third-order valence-electron chi connectivity index (χ3n) is 4.70. The highest BCUT2D eigenvalue weighted by molar-refractivity contribution is 7.99. The first kappa shape index (κ1) is 22.1. The number of benzene rings is 3. The Labute approximate surface area is 194 Å². The Morgan fingerprint density at radius 3 is 2.55 bits per heavy atom. The minimum absolute atomic E-state index is 0.0577. The average Bonchev–Trinajstić information content (AvgIpc) is 3.24. The van der Waals surface area contributed by atoms with E-state index >= 15 is 0 Å². The monoisotopic (exact) mass is 459 g/mol. The second-order valence-electron chi connectivity index (χ2n) is 7.17. The Kier molecular flexibility index (Phi) is 6.70. The highest BCUT2D eigenvalue weighted by Crippen LogP contribution is 2.28. The fourth-order valence-corrected chi connectivity index (χ4v) is 3.79. The lowest BCUT2D eigenvalue weighted by Crippen LogP contribution is -2.20. The fraction of sp³-hybridized carbons (Fsp3) is 0.0833. The molecule has 0 saturated heterocycles. The standard InChI is InChI=1S/C24H21N5O3S/c1-16-7-10-19(11-8-16)29-23(17-5-3-2-4-6-17)27-28-24(29)33-15-22(32)26-25-14-18-9-12-20(30)13-21(18)31/h2-14,30-31H,15H2,1H3,(H,26,32). The molecule has 4 rings (SSSR count). The van der Waals surface area contributed by atoms with Crippen LogP contribution in [0.5, 0.6) is 11.5 Å². The van der Waals surface area contributed by atoms with Crippen LogP contribution in [0.25, 0.3) is 17.1 Å². The molecule has 0 aliphatic carbocycles. The van der Waals surface area contributed by atoms with Crippen molar-refractivity contribution in [2.45, 2.75) is 12.1 Å². The quantitative estimate of drug-likeness (QED) is 0.220. The molecule has 3 aromatic carbocycles. The topological polar surface area (TPSA) is 113 Å². The van der Waals surface area contributed by atoms with E-state index in [0.717, 1.165) is 16.8 Å². The number of hydrogen-bond acceptors (Lipinski definition) is 7. The maximum atomic E-state index is 12.3. The van der Waals surface area contributed by atoms with Crippen molar-refractivity contribution in [2.24, 2.45) is 5.10 Å². The first-order valence-corrected chi connectivity index (χ1v) is 11.0. The van der Waals surface area contributed by atoms with Gasteiger partial charge in [-0.15, -0.1) is 10.2 Å². The van der Waals surface area contributed by atoms with Crippen LogP contribution in [-0.2, 0) is 4.79 Å². The first-order valence-electron chi connectivity index (χ1n) is 10.1. The Balaban J connectivity index is 1.49. The van der Waals surface area contributed by atoms with E-state index in [9.17, 15) is 15.0 Å². The van der Waals surface area contributed by atoms with Crippen LogP contribution >= 0.6 is 11.8 Å². The molecule has 9 heteroatoms. The van der Waals surface area contributed by atoms with Gasteiger partial charge >= 0.3 is 0 Å². The smallest absolute Gasteiger partial charge is 0.250 e. The van der Waals surface area contributed by atoms with Crippen LogP contribution in [0.2, 0.25) is 0 Å². The molecule has 0 bridgehead atoms. The number of nitrogens with zero attached hydrogens (tertiary/aromatic N) is 4. The number of carbonyl (C=O) groups excluding carboxylic acids is 1. The summed E-state index contributed by atoms with van der Waals surface area (Å²) in [4.78, 5) is 12.3. The Bertz CT molecular complexity index is 1290. The van der Waals surface area contributed by atoms with Crippen LogP contribution in [-0.4, -0.2) is 42.9 Å². The number of hydrazone groups is 1. The van der Waals surface area contributed by atoms with Gasteiger partial charge in [-0.2, -0.15) is 5.10 Å². The highest BCUT2D eigenvalue weighted by atomic mass is 32.2. The van der Waals surface area contributed by atoms with E-state index in [-0.39, 0.29) is 23.2 Å². The number of phenolic OH excluding ortho intramolecular Hbond substituents is 2. The number of amides is 1. The molecule has 0 aliphatic rings. The zero-order chi connectivity index (χ0) is 23.2. The Morgan fingerprint density at radius 2 is 1.82 bits per heavy atom. The van der Waals surface area contributed by atoms with E-state index in [4.69, 9.17) is 0 Å². The summed E-state index contributed by atoms with van der Waals surface area (Å²) in [5.41, 5.74) is 5.75. The first-order chi connectivity index (χ1) is 16.0. The van der Waals surface area contributed by atoms with Crippen LogP contribution in [0.15, 0.2) is 83.1 Å². The van der Waals surface area contributed by atoms with E-state index in [1.807, 2.05) is 66.1 Å². The van der Waals surface area contributed by atoms with Crippen LogP contribution in [0.1, 0.15) is 11.1 Å². The fourth-order valence-electron chi connectivity index (χ4n) is 3.04. The van der Waals surface area contributed by atoms with E-state index < -0.39 is 0 Å². The van der Waals surface area contributed by atoms with Gasteiger partial charge in [-0.1, -0.05) is 59.8 Å². The second-order valence-corrected chi connectivity index (χ2v) is 8.11. The molecule has 3 N–H and O–H groups in total. The van der Waals surface area contributed by atoms with Gasteiger partial charge in [0.25, 0.3) is 5.91 Å². The van der Waals surface area contributed by atoms with Gasteiger partial charge in [-0.25, -0.2) is 5.43 Å². The van der Waals surface area contributed by atoms with Crippen molar-refractivity contribution in [1.82, 2.24) is 20.2 Å². The van der Waals surface area contributed by atoms with Gasteiger partial charge in [0.05, 0.1) is 12.0 Å². The number of rotatable bonds is 7. The largest absolute Gasteiger partial charge is 0.508 e. The summed E-state index contributed by atoms with van der Waals surface area (Å²) >= 11 is 1.24. The number of thioether (sulfide) groups is 1. The molecule has 166 valence electrons. The Hall–Kier alpha value is -4.11. The third-order valence-corrected chi connectivity index (χ3v) is 5.63. The van der Waals surface area contributed by atoms with Crippen molar-refractivity contribution in [2.75, 3.05) is 5.75 Å². The summed E-state index contributed by atoms with van der Waals surface area (Å²) in [5.74, 6) is 0.217. The maximum absolute atomic E-state index is 12.3. The number of phenols is 2. The molecular formula is C24H21N5O3S. The second kappa shape index (κ2) is 10.0. The van der Waals surface area contributed by atoms with Crippen molar-refractivity contribution in [3.8, 4) is 28.6 Å². The summed E-state index contributed by atoms with van der Waals surface area (Å²) in [7, 11) is 0. The van der Waals surface area contributed by atoms with Crippen LogP contribution < -0.4 is 5.43 Å². The number of aryl methyl sites for hydroxylation is 1. The summed E-state index contributed by atoms with van der Waals surface area (Å²) in [6, 6.07) is 21.8. The maximum Gasteiger partial charge on any atom is 0.250 e. The number of carbonyl (C=O) groups is 1. The highest BCUT2D eigenvalue weighted by Gasteiger charge is 2.17. The molecule has 4 aromatic rings. The molecule has 8 nitrogen and oxygen atoms in total. The molecule has 1 heterocycles. The third kappa shape index (κ3) is 5.39. The number of aromatic nitrogens is 3. The molecule has 0 saturated carbocycles. The normalized spacial score (nSPS) is 11.1. The van der Waals surface area contributed by atoms with Gasteiger partial charge in [-0.3, -0.25) is 9.36 Å². The van der Waals surface area contributed by atoms with Gasteiger partial charge in [0.15, 0.2) is 11.0 Å². The number of aromatic hydroxyl groups is 2. The molecule has 0 unspecified atom stereocenters. The van der Waals surface area contributed by atoms with Gasteiger partial charge in [0.2, 0.25) is 0 Å². The molecule has 0 fully saturated rings. The lowest BCUT2D eigenvalue weighted by molar-refractivity contribution is -0.118. The predicted octanol–water partition coefficient (Wildman–Crippen LogP) is 3.90. The molecule has 1 amide bonds. The molecule has 33 heavy (non-hydrogen) atoms. The minimum atomic E-state index is -0.339. The van der Waals surface area contributed by atoms with Crippen LogP contribution in [0.3, 0.4) is 0 Å². The lowest BCUT2D eigenvalue weighted by Gasteiger charge is -2.10.